The van der Waals surface area contributed by atoms with Gasteiger partial charge in [0.15, 0.2) is 0 Å². The number of hydrogen-bond donors (Lipinski definition) is 1. The molecule has 9 heteroatoms. The van der Waals surface area contributed by atoms with Crippen LogP contribution in [0.15, 0.2) is 41.1 Å². The Morgan fingerprint density at radius 3 is 2.25 bits per heavy atom. The van der Waals surface area contributed by atoms with Gasteiger partial charge in [-0.1, -0.05) is 0 Å². The molecule has 1 aromatic heterocycles. The molecule has 7 nitrogen and oxygen atoms in total. The number of piperidine rings is 1. The number of nitrogens with zero attached hydrogens (tertiary/aromatic N) is 3. The number of anilines is 1. The Hall–Kier alpha value is -2.78. The first-order valence-corrected chi connectivity index (χ1v) is 11.8. The summed E-state index contributed by atoms with van der Waals surface area (Å²) < 4.78 is 13.0. The van der Waals surface area contributed by atoms with Crippen LogP contribution in [0.25, 0.3) is 0 Å². The molecule has 0 spiro atoms. The van der Waals surface area contributed by atoms with Crippen LogP contribution >= 0.6 is 11.3 Å². The maximum Gasteiger partial charge on any atom is 0.254 e. The molecule has 0 aliphatic carbocycles. The Labute approximate surface area is 190 Å². The van der Waals surface area contributed by atoms with Crippen molar-refractivity contribution in [3.63, 3.8) is 0 Å². The Kier molecular flexibility index (Phi) is 7.16. The standard InChI is InChI=1S/C23H27FN4O3S/c24-19-1-3-20(4-2-19)25-21(29)15-26-10-12-28(13-11-26)22(30)17-5-8-27(9-6-17)23(31)18-7-14-32-16-18/h1-4,7,14,16-17H,5-6,8-13,15H2,(H,25,29). The maximum absolute atomic E-state index is 13.0. The molecule has 2 aliphatic heterocycles. The van der Waals surface area contributed by atoms with Gasteiger partial charge in [0.25, 0.3) is 5.91 Å². The van der Waals surface area contributed by atoms with E-state index in [1.54, 1.807) is 0 Å². The minimum absolute atomic E-state index is 0.0460. The molecule has 0 saturated carbocycles. The summed E-state index contributed by atoms with van der Waals surface area (Å²) in [6.07, 6.45) is 1.38. The Morgan fingerprint density at radius 2 is 1.62 bits per heavy atom. The lowest BCUT2D eigenvalue weighted by Gasteiger charge is -2.38. The predicted octanol–water partition coefficient (Wildman–Crippen LogP) is 2.52. The molecule has 1 aromatic carbocycles. The average molecular weight is 459 g/mol. The van der Waals surface area contributed by atoms with Crippen LogP contribution in [0.3, 0.4) is 0 Å². The largest absolute Gasteiger partial charge is 0.340 e. The molecule has 0 bridgehead atoms. The fourth-order valence-electron chi connectivity index (χ4n) is 4.22. The van der Waals surface area contributed by atoms with Gasteiger partial charge in [0.1, 0.15) is 5.82 Å². The molecule has 3 heterocycles. The van der Waals surface area contributed by atoms with Crippen LogP contribution in [0.1, 0.15) is 23.2 Å². The quantitative estimate of drug-likeness (QED) is 0.748. The molecule has 2 saturated heterocycles. The molecule has 4 rings (SSSR count). The lowest BCUT2D eigenvalue weighted by atomic mass is 9.94. The highest BCUT2D eigenvalue weighted by molar-refractivity contribution is 7.08. The first-order valence-electron chi connectivity index (χ1n) is 10.9. The van der Waals surface area contributed by atoms with Gasteiger partial charge in [0.05, 0.1) is 12.1 Å². The molecule has 0 atom stereocenters. The van der Waals surface area contributed by atoms with E-state index in [0.717, 1.165) is 5.56 Å². The van der Waals surface area contributed by atoms with Gasteiger partial charge in [-0.3, -0.25) is 19.3 Å². The highest BCUT2D eigenvalue weighted by atomic mass is 32.1. The van der Waals surface area contributed by atoms with E-state index in [1.165, 1.54) is 35.6 Å². The van der Waals surface area contributed by atoms with Gasteiger partial charge in [0, 0.05) is 56.3 Å². The van der Waals surface area contributed by atoms with E-state index in [1.807, 2.05) is 31.5 Å². The van der Waals surface area contributed by atoms with Crippen molar-refractivity contribution in [3.8, 4) is 0 Å². The van der Waals surface area contributed by atoms with Crippen molar-refractivity contribution in [1.29, 1.82) is 0 Å². The minimum Gasteiger partial charge on any atom is -0.340 e. The van der Waals surface area contributed by atoms with Crippen LogP contribution in [-0.4, -0.2) is 78.2 Å². The Bertz CT molecular complexity index is 935. The van der Waals surface area contributed by atoms with Crippen LogP contribution in [0.4, 0.5) is 10.1 Å². The number of piperazine rings is 1. The number of amides is 3. The minimum atomic E-state index is -0.344. The number of carbonyl (C=O) groups excluding carboxylic acids is 3. The summed E-state index contributed by atoms with van der Waals surface area (Å²) in [5.41, 5.74) is 1.29. The third-order valence-electron chi connectivity index (χ3n) is 6.08. The van der Waals surface area contributed by atoms with Gasteiger partial charge in [-0.2, -0.15) is 11.3 Å². The van der Waals surface area contributed by atoms with Crippen LogP contribution < -0.4 is 5.32 Å². The summed E-state index contributed by atoms with van der Waals surface area (Å²) in [5, 5.41) is 6.52. The highest BCUT2D eigenvalue weighted by Gasteiger charge is 2.32. The molecule has 2 aromatic rings. The van der Waals surface area contributed by atoms with Crippen molar-refractivity contribution in [3.05, 3.63) is 52.5 Å². The molecule has 0 unspecified atom stereocenters. The zero-order valence-electron chi connectivity index (χ0n) is 17.8. The van der Waals surface area contributed by atoms with Gasteiger partial charge >= 0.3 is 0 Å². The van der Waals surface area contributed by atoms with Crippen molar-refractivity contribution in [2.24, 2.45) is 5.92 Å². The third kappa shape index (κ3) is 5.52. The molecule has 3 amide bonds. The third-order valence-corrected chi connectivity index (χ3v) is 6.76. The normalized spacial score (nSPS) is 17.9. The summed E-state index contributed by atoms with van der Waals surface area (Å²) in [6.45, 7) is 3.91. The van der Waals surface area contributed by atoms with E-state index < -0.39 is 0 Å². The summed E-state index contributed by atoms with van der Waals surface area (Å²) in [4.78, 5) is 43.4. The zero-order valence-corrected chi connectivity index (χ0v) is 18.7. The SMILES string of the molecule is O=C(CN1CCN(C(=O)C2CCN(C(=O)c3ccsc3)CC2)CC1)Nc1ccc(F)cc1. The Morgan fingerprint density at radius 1 is 0.938 bits per heavy atom. The molecular weight excluding hydrogens is 431 g/mol. The van der Waals surface area contributed by atoms with Crippen molar-refractivity contribution < 1.29 is 18.8 Å². The number of likely N-dealkylation sites (tertiary alicyclic amines) is 1. The zero-order chi connectivity index (χ0) is 22.5. The molecule has 0 radical (unpaired) electrons. The van der Waals surface area contributed by atoms with E-state index in [0.29, 0.717) is 57.8 Å². The van der Waals surface area contributed by atoms with E-state index in [-0.39, 0.29) is 36.0 Å². The smallest absolute Gasteiger partial charge is 0.254 e. The molecule has 1 N–H and O–H groups in total. The second-order valence-electron chi connectivity index (χ2n) is 8.24. The summed E-state index contributed by atoms with van der Waals surface area (Å²) in [6, 6.07) is 7.51. The number of carbonyl (C=O) groups is 3. The van der Waals surface area contributed by atoms with Gasteiger partial charge in [0.2, 0.25) is 11.8 Å². The monoisotopic (exact) mass is 458 g/mol. The van der Waals surface area contributed by atoms with Crippen molar-refractivity contribution in [2.75, 3.05) is 51.1 Å². The van der Waals surface area contributed by atoms with Crippen LogP contribution in [0, 0.1) is 11.7 Å². The van der Waals surface area contributed by atoms with E-state index >= 15 is 0 Å². The first-order chi connectivity index (χ1) is 15.5. The number of rotatable bonds is 5. The van der Waals surface area contributed by atoms with Crippen LogP contribution in [0.5, 0.6) is 0 Å². The number of benzene rings is 1. The van der Waals surface area contributed by atoms with E-state index in [9.17, 15) is 18.8 Å². The molecule has 170 valence electrons. The van der Waals surface area contributed by atoms with Crippen molar-refractivity contribution >= 4 is 34.7 Å². The molecule has 2 fully saturated rings. The van der Waals surface area contributed by atoms with Gasteiger partial charge < -0.3 is 15.1 Å². The van der Waals surface area contributed by atoms with Gasteiger partial charge in [-0.15, -0.1) is 0 Å². The fraction of sp³-hybridized carbons (Fsp3) is 0.435. The number of nitrogens with one attached hydrogen (secondary N) is 1. The van der Waals surface area contributed by atoms with Crippen LogP contribution in [0.2, 0.25) is 0 Å². The Balaban J connectivity index is 1.19. The average Bonchev–Trinajstić information content (AvgIpc) is 3.35. The number of hydrogen-bond acceptors (Lipinski definition) is 5. The van der Waals surface area contributed by atoms with E-state index in [4.69, 9.17) is 0 Å². The molecular formula is C23H27FN4O3S. The second kappa shape index (κ2) is 10.2. The van der Waals surface area contributed by atoms with Crippen molar-refractivity contribution in [2.45, 2.75) is 12.8 Å². The maximum atomic E-state index is 13.0. The van der Waals surface area contributed by atoms with Gasteiger partial charge in [-0.05, 0) is 48.6 Å². The summed E-state index contributed by atoms with van der Waals surface area (Å²) >= 11 is 1.51. The number of halogens is 1. The van der Waals surface area contributed by atoms with Crippen molar-refractivity contribution in [1.82, 2.24) is 14.7 Å². The first kappa shape index (κ1) is 22.4. The lowest BCUT2D eigenvalue weighted by Crippen LogP contribution is -2.53. The lowest BCUT2D eigenvalue weighted by molar-refractivity contribution is -0.138. The summed E-state index contributed by atoms with van der Waals surface area (Å²) in [7, 11) is 0. The second-order valence-corrected chi connectivity index (χ2v) is 9.02. The highest BCUT2D eigenvalue weighted by Crippen LogP contribution is 2.22. The molecule has 32 heavy (non-hydrogen) atoms. The molecule has 2 aliphatic rings. The topological polar surface area (TPSA) is 73.0 Å². The van der Waals surface area contributed by atoms with Gasteiger partial charge in [-0.25, -0.2) is 4.39 Å². The van der Waals surface area contributed by atoms with E-state index in [2.05, 4.69) is 5.32 Å². The summed E-state index contributed by atoms with van der Waals surface area (Å²) in [5.74, 6) is -0.342. The predicted molar refractivity (Wildman–Crippen MR) is 121 cm³/mol. The van der Waals surface area contributed by atoms with Crippen LogP contribution in [-0.2, 0) is 9.59 Å². The number of thiophene rings is 1. The fourth-order valence-corrected chi connectivity index (χ4v) is 4.85.